The molecule has 3 aromatic rings. The number of phenols is 1. The fourth-order valence-electron chi connectivity index (χ4n) is 2.51. The molecule has 0 fully saturated rings. The van der Waals surface area contributed by atoms with Crippen molar-refractivity contribution < 1.29 is 14.3 Å². The maximum atomic E-state index is 12.4. The number of thiocarbonyl (C=S) groups is 1. The van der Waals surface area contributed by atoms with E-state index in [9.17, 15) is 9.90 Å². The van der Waals surface area contributed by atoms with Crippen molar-refractivity contribution >= 4 is 52.1 Å². The molecule has 0 bridgehead atoms. The number of benzene rings is 2. The number of aryl methyl sites for hydroxylation is 2. The third-order valence-electron chi connectivity index (χ3n) is 4.11. The van der Waals surface area contributed by atoms with Crippen LogP contribution >= 0.6 is 35.4 Å². The Kier molecular flexibility index (Phi) is 5.93. The summed E-state index contributed by atoms with van der Waals surface area (Å²) in [4.78, 5) is 12.4. The van der Waals surface area contributed by atoms with Gasteiger partial charge in [-0.1, -0.05) is 23.2 Å². The molecule has 144 valence electrons. The minimum atomic E-state index is -0.530. The number of aromatic hydroxyl groups is 1. The predicted octanol–water partition coefficient (Wildman–Crippen LogP) is 5.70. The zero-order valence-corrected chi connectivity index (χ0v) is 17.3. The number of furan rings is 1. The van der Waals surface area contributed by atoms with Crippen LogP contribution < -0.4 is 10.6 Å². The van der Waals surface area contributed by atoms with Gasteiger partial charge in [0.05, 0.1) is 10.7 Å². The van der Waals surface area contributed by atoms with Crippen LogP contribution in [0.1, 0.15) is 21.7 Å². The van der Waals surface area contributed by atoms with Gasteiger partial charge in [0.25, 0.3) is 5.91 Å². The fourth-order valence-corrected chi connectivity index (χ4v) is 3.22. The number of hydrogen-bond acceptors (Lipinski definition) is 4. The van der Waals surface area contributed by atoms with Gasteiger partial charge >= 0.3 is 0 Å². The molecule has 0 aliphatic heterocycles. The normalized spacial score (nSPS) is 10.6. The number of nitrogens with one attached hydrogen (secondary N) is 2. The molecule has 28 heavy (non-hydrogen) atoms. The lowest BCUT2D eigenvalue weighted by Crippen LogP contribution is -2.33. The summed E-state index contributed by atoms with van der Waals surface area (Å²) in [6, 6.07) is 11.5. The van der Waals surface area contributed by atoms with Gasteiger partial charge in [0.15, 0.2) is 10.9 Å². The highest BCUT2D eigenvalue weighted by molar-refractivity contribution is 7.80. The van der Waals surface area contributed by atoms with E-state index in [1.807, 2.05) is 13.8 Å². The molecule has 8 heteroatoms. The molecule has 0 radical (unpaired) electrons. The van der Waals surface area contributed by atoms with Crippen LogP contribution in [0.2, 0.25) is 10.0 Å². The Labute approximate surface area is 177 Å². The van der Waals surface area contributed by atoms with E-state index in [1.165, 1.54) is 6.07 Å². The van der Waals surface area contributed by atoms with Gasteiger partial charge in [-0.15, -0.1) is 0 Å². The highest BCUT2D eigenvalue weighted by Gasteiger charge is 2.16. The Morgan fingerprint density at radius 1 is 1.07 bits per heavy atom. The first kappa shape index (κ1) is 20.2. The molecule has 1 amide bonds. The van der Waals surface area contributed by atoms with Crippen LogP contribution in [0.15, 0.2) is 46.9 Å². The molecule has 0 spiro atoms. The molecule has 1 aromatic heterocycles. The first-order valence-corrected chi connectivity index (χ1v) is 9.39. The monoisotopic (exact) mass is 434 g/mol. The molecule has 3 N–H and O–H groups in total. The number of carbonyl (C=O) groups is 1. The number of hydrogen-bond donors (Lipinski definition) is 3. The fraction of sp³-hybridized carbons (Fsp3) is 0.100. The van der Waals surface area contributed by atoms with Crippen LogP contribution in [0.25, 0.3) is 11.3 Å². The van der Waals surface area contributed by atoms with Gasteiger partial charge < -0.3 is 14.8 Å². The quantitative estimate of drug-likeness (QED) is 0.363. The number of amides is 1. The maximum absolute atomic E-state index is 12.4. The second-order valence-corrected chi connectivity index (χ2v) is 7.40. The summed E-state index contributed by atoms with van der Waals surface area (Å²) in [5.74, 6) is 0.00139. The summed E-state index contributed by atoms with van der Waals surface area (Å²) >= 11 is 17.2. The van der Waals surface area contributed by atoms with E-state index in [0.29, 0.717) is 27.1 Å². The van der Waals surface area contributed by atoms with E-state index in [0.717, 1.165) is 11.1 Å². The summed E-state index contributed by atoms with van der Waals surface area (Å²) in [5.41, 5.74) is 2.94. The second-order valence-electron chi connectivity index (χ2n) is 6.15. The van der Waals surface area contributed by atoms with Gasteiger partial charge in [0, 0.05) is 10.6 Å². The maximum Gasteiger partial charge on any atom is 0.293 e. The lowest BCUT2D eigenvalue weighted by Gasteiger charge is -2.12. The number of carbonyl (C=O) groups excluding carboxylic acids is 1. The van der Waals surface area contributed by atoms with Crippen LogP contribution in [0.4, 0.5) is 5.69 Å². The Hall–Kier alpha value is -2.54. The van der Waals surface area contributed by atoms with Crippen molar-refractivity contribution in [1.82, 2.24) is 5.32 Å². The molecule has 0 atom stereocenters. The van der Waals surface area contributed by atoms with Crippen LogP contribution in [0, 0.1) is 13.8 Å². The summed E-state index contributed by atoms with van der Waals surface area (Å²) in [7, 11) is 0. The van der Waals surface area contributed by atoms with Crippen molar-refractivity contribution in [2.75, 3.05) is 5.32 Å². The van der Waals surface area contributed by atoms with Crippen LogP contribution in [-0.4, -0.2) is 16.1 Å². The molecule has 0 aliphatic rings. The molecule has 0 aliphatic carbocycles. The first-order chi connectivity index (χ1) is 13.2. The van der Waals surface area contributed by atoms with E-state index < -0.39 is 5.91 Å². The molecule has 0 saturated carbocycles. The lowest BCUT2D eigenvalue weighted by atomic mass is 10.1. The zero-order chi connectivity index (χ0) is 20.4. The third-order valence-corrected chi connectivity index (χ3v) is 4.87. The van der Waals surface area contributed by atoms with Crippen molar-refractivity contribution in [3.05, 3.63) is 69.4 Å². The molecular weight excluding hydrogens is 419 g/mol. The number of phenolic OH excluding ortho intramolecular Hbond substituents is 1. The van der Waals surface area contributed by atoms with Gasteiger partial charge in [0.1, 0.15) is 11.5 Å². The Morgan fingerprint density at radius 3 is 2.50 bits per heavy atom. The molecule has 0 unspecified atom stereocenters. The first-order valence-electron chi connectivity index (χ1n) is 8.22. The number of anilines is 1. The summed E-state index contributed by atoms with van der Waals surface area (Å²) < 4.78 is 5.59. The standard InChI is InChI=1S/C20H16Cl2N2O3S/c1-10-7-15(16(25)8-11(10)2)23-20(28)24-19(26)18-6-5-17(27-18)13-4-3-12(21)9-14(13)22/h3-9,25H,1-2H3,(H2,23,24,26,28). The summed E-state index contributed by atoms with van der Waals surface area (Å²) in [6.45, 7) is 3.80. The van der Waals surface area contributed by atoms with Gasteiger partial charge in [-0.2, -0.15) is 0 Å². The minimum absolute atomic E-state index is 0.0334. The van der Waals surface area contributed by atoms with Gasteiger partial charge in [-0.25, -0.2) is 0 Å². The van der Waals surface area contributed by atoms with Crippen LogP contribution in [0.5, 0.6) is 5.75 Å². The van der Waals surface area contributed by atoms with Crippen molar-refractivity contribution in [3.8, 4) is 17.1 Å². The molecule has 3 rings (SSSR count). The van der Waals surface area contributed by atoms with E-state index in [-0.39, 0.29) is 16.6 Å². The molecule has 1 heterocycles. The largest absolute Gasteiger partial charge is 0.506 e. The average Bonchev–Trinajstić information content (AvgIpc) is 3.09. The van der Waals surface area contributed by atoms with E-state index in [4.69, 9.17) is 39.8 Å². The second kappa shape index (κ2) is 8.22. The van der Waals surface area contributed by atoms with E-state index in [1.54, 1.807) is 36.4 Å². The zero-order valence-electron chi connectivity index (χ0n) is 15.0. The Balaban J connectivity index is 1.71. The Morgan fingerprint density at radius 2 is 1.79 bits per heavy atom. The smallest absolute Gasteiger partial charge is 0.293 e. The Bertz CT molecular complexity index is 1080. The van der Waals surface area contributed by atoms with Crippen LogP contribution in [0.3, 0.4) is 0 Å². The average molecular weight is 435 g/mol. The topological polar surface area (TPSA) is 74.5 Å². The number of rotatable bonds is 3. The van der Waals surface area contributed by atoms with Crippen molar-refractivity contribution in [1.29, 1.82) is 0 Å². The predicted molar refractivity (Wildman–Crippen MR) is 115 cm³/mol. The van der Waals surface area contributed by atoms with Gasteiger partial charge in [0.2, 0.25) is 0 Å². The van der Waals surface area contributed by atoms with Gasteiger partial charge in [-0.3, -0.25) is 10.1 Å². The summed E-state index contributed by atoms with van der Waals surface area (Å²) in [6.07, 6.45) is 0. The molecule has 0 saturated heterocycles. The highest BCUT2D eigenvalue weighted by atomic mass is 35.5. The lowest BCUT2D eigenvalue weighted by molar-refractivity contribution is 0.0951. The highest BCUT2D eigenvalue weighted by Crippen LogP contribution is 2.31. The van der Waals surface area contributed by atoms with Crippen molar-refractivity contribution in [2.45, 2.75) is 13.8 Å². The van der Waals surface area contributed by atoms with E-state index >= 15 is 0 Å². The SMILES string of the molecule is Cc1cc(O)c(NC(=S)NC(=O)c2ccc(-c3ccc(Cl)cc3Cl)o2)cc1C. The molecule has 2 aromatic carbocycles. The van der Waals surface area contributed by atoms with Gasteiger partial charge in [-0.05, 0) is 79.7 Å². The minimum Gasteiger partial charge on any atom is -0.506 e. The number of halogens is 2. The third kappa shape index (κ3) is 4.47. The van der Waals surface area contributed by atoms with Crippen molar-refractivity contribution in [2.24, 2.45) is 0 Å². The van der Waals surface area contributed by atoms with Crippen molar-refractivity contribution in [3.63, 3.8) is 0 Å². The summed E-state index contributed by atoms with van der Waals surface area (Å²) in [5, 5.41) is 16.3. The molecule has 5 nitrogen and oxygen atoms in total. The van der Waals surface area contributed by atoms with E-state index in [2.05, 4.69) is 10.6 Å². The van der Waals surface area contributed by atoms with Crippen LogP contribution in [-0.2, 0) is 0 Å². The molecular formula is C20H16Cl2N2O3S.